The Labute approximate surface area is 148 Å². The lowest BCUT2D eigenvalue weighted by Crippen LogP contribution is -2.58. The van der Waals surface area contributed by atoms with Crippen LogP contribution in [0.2, 0.25) is 0 Å². The van der Waals surface area contributed by atoms with Crippen LogP contribution in [-0.2, 0) is 29.2 Å². The third-order valence-corrected chi connectivity index (χ3v) is 6.44. The Bertz CT molecular complexity index is 705. The van der Waals surface area contributed by atoms with Crippen LogP contribution in [0.4, 0.5) is 8.78 Å². The van der Waals surface area contributed by atoms with Crippen LogP contribution in [0.1, 0.15) is 38.5 Å². The molecule has 26 heavy (non-hydrogen) atoms. The molecule has 4 fully saturated rings. The SMILES string of the molecule is O=C(COC(=O)C12CC3CC(CC(O)(C3)C1)C2)OCC(F)(F)S(=O)(=O)O. The molecule has 2 N–H and O–H groups in total. The Morgan fingerprint density at radius 2 is 1.69 bits per heavy atom. The summed E-state index contributed by atoms with van der Waals surface area (Å²) in [5, 5.41) is 5.94. The Hall–Kier alpha value is -1.33. The first kappa shape index (κ1) is 19.4. The molecule has 4 aliphatic carbocycles. The highest BCUT2D eigenvalue weighted by atomic mass is 32.2. The van der Waals surface area contributed by atoms with E-state index in [9.17, 15) is 31.9 Å². The number of carbonyl (C=O) groups excluding carboxylic acids is 2. The highest BCUT2D eigenvalue weighted by Crippen LogP contribution is 2.61. The fourth-order valence-electron chi connectivity index (χ4n) is 5.01. The first-order chi connectivity index (χ1) is 11.8. The van der Waals surface area contributed by atoms with Gasteiger partial charge in [-0.15, -0.1) is 0 Å². The highest BCUT2D eigenvalue weighted by Gasteiger charge is 2.61. The number of aliphatic hydroxyl groups is 1. The average Bonchev–Trinajstić information content (AvgIpc) is 2.47. The molecule has 0 radical (unpaired) electrons. The topological polar surface area (TPSA) is 127 Å². The second-order valence-corrected chi connectivity index (χ2v) is 9.36. The molecule has 4 aliphatic rings. The zero-order chi connectivity index (χ0) is 19.4. The van der Waals surface area contributed by atoms with Gasteiger partial charge in [-0.1, -0.05) is 0 Å². The predicted molar refractivity (Wildman–Crippen MR) is 80.5 cm³/mol. The van der Waals surface area contributed by atoms with Gasteiger partial charge < -0.3 is 14.6 Å². The minimum absolute atomic E-state index is 0.217. The van der Waals surface area contributed by atoms with Gasteiger partial charge in [-0.05, 0) is 50.4 Å². The van der Waals surface area contributed by atoms with E-state index in [1.165, 1.54) is 0 Å². The minimum atomic E-state index is -5.71. The smallest absolute Gasteiger partial charge is 0.402 e. The number of hydrogen-bond acceptors (Lipinski definition) is 7. The van der Waals surface area contributed by atoms with E-state index in [1.54, 1.807) is 0 Å². The zero-order valence-electron chi connectivity index (χ0n) is 13.8. The molecule has 0 aromatic heterocycles. The van der Waals surface area contributed by atoms with Crippen molar-refractivity contribution in [2.45, 2.75) is 49.4 Å². The van der Waals surface area contributed by atoms with Crippen LogP contribution < -0.4 is 0 Å². The standard InChI is InChI=1S/C15H20F2O8S/c16-15(17,26(21,22)23)8-25-11(18)6-24-12(19)13-2-9-1-10(3-13)5-14(20,4-9)7-13/h9-10,20H,1-8H2,(H,21,22,23). The molecule has 0 amide bonds. The maximum absolute atomic E-state index is 13.0. The van der Waals surface area contributed by atoms with Gasteiger partial charge in [-0.2, -0.15) is 17.2 Å². The lowest BCUT2D eigenvalue weighted by molar-refractivity contribution is -0.198. The van der Waals surface area contributed by atoms with Crippen molar-refractivity contribution in [3.05, 3.63) is 0 Å². The summed E-state index contributed by atoms with van der Waals surface area (Å²) in [5.41, 5.74) is -1.78. The lowest BCUT2D eigenvalue weighted by Gasteiger charge is -2.58. The normalized spacial score (nSPS) is 36.0. The molecule has 0 heterocycles. The van der Waals surface area contributed by atoms with Gasteiger partial charge in [0.1, 0.15) is 0 Å². The fourth-order valence-corrected chi connectivity index (χ4v) is 5.22. The van der Waals surface area contributed by atoms with Crippen LogP contribution >= 0.6 is 0 Å². The van der Waals surface area contributed by atoms with E-state index in [0.717, 1.165) is 6.42 Å². The molecule has 0 aromatic carbocycles. The van der Waals surface area contributed by atoms with Crippen LogP contribution in [0.5, 0.6) is 0 Å². The fraction of sp³-hybridized carbons (Fsp3) is 0.867. The van der Waals surface area contributed by atoms with Gasteiger partial charge >= 0.3 is 27.3 Å². The van der Waals surface area contributed by atoms with E-state index in [2.05, 4.69) is 4.74 Å². The van der Waals surface area contributed by atoms with E-state index < -0.39 is 51.5 Å². The number of esters is 2. The largest absolute Gasteiger partial charge is 0.455 e. The molecule has 0 saturated heterocycles. The second kappa shape index (κ2) is 6.10. The number of hydrogen-bond donors (Lipinski definition) is 2. The molecule has 2 unspecified atom stereocenters. The van der Waals surface area contributed by atoms with Gasteiger partial charge in [0, 0.05) is 0 Å². The van der Waals surface area contributed by atoms with Crippen molar-refractivity contribution in [1.82, 2.24) is 0 Å². The van der Waals surface area contributed by atoms with Gasteiger partial charge in [-0.25, -0.2) is 4.79 Å². The first-order valence-electron chi connectivity index (χ1n) is 8.24. The number of alkyl halides is 2. The average molecular weight is 398 g/mol. The summed E-state index contributed by atoms with van der Waals surface area (Å²) in [7, 11) is -5.71. The Balaban J connectivity index is 1.54. The Kier molecular flexibility index (Phi) is 4.56. The molecular formula is C15H20F2O8S. The molecule has 0 aromatic rings. The molecular weight excluding hydrogens is 378 g/mol. The van der Waals surface area contributed by atoms with Crippen molar-refractivity contribution in [2.75, 3.05) is 13.2 Å². The number of carbonyl (C=O) groups is 2. The quantitative estimate of drug-likeness (QED) is 0.499. The zero-order valence-corrected chi connectivity index (χ0v) is 14.6. The van der Waals surface area contributed by atoms with Crippen LogP contribution in [0.3, 0.4) is 0 Å². The van der Waals surface area contributed by atoms with E-state index >= 15 is 0 Å². The summed E-state index contributed by atoms with van der Waals surface area (Å²) in [5.74, 6) is -1.60. The van der Waals surface area contributed by atoms with Crippen molar-refractivity contribution in [1.29, 1.82) is 0 Å². The highest BCUT2D eigenvalue weighted by molar-refractivity contribution is 7.86. The minimum Gasteiger partial charge on any atom is -0.455 e. The maximum atomic E-state index is 13.0. The van der Waals surface area contributed by atoms with E-state index in [1.807, 2.05) is 0 Å². The van der Waals surface area contributed by atoms with Crippen molar-refractivity contribution < 1.29 is 45.9 Å². The number of halogens is 2. The summed E-state index contributed by atoms with van der Waals surface area (Å²) in [6, 6.07) is 0. The van der Waals surface area contributed by atoms with Crippen LogP contribution in [0.15, 0.2) is 0 Å². The third kappa shape index (κ3) is 3.56. The first-order valence-corrected chi connectivity index (χ1v) is 9.68. The third-order valence-electron chi connectivity index (χ3n) is 5.56. The lowest BCUT2D eigenvalue weighted by atomic mass is 9.48. The van der Waals surface area contributed by atoms with Gasteiger partial charge in [0.05, 0.1) is 11.0 Å². The summed E-state index contributed by atoms with van der Waals surface area (Å²) in [6.45, 7) is -2.83. The van der Waals surface area contributed by atoms with Crippen LogP contribution in [-0.4, -0.2) is 54.1 Å². The molecule has 4 saturated carbocycles. The summed E-state index contributed by atoms with van der Waals surface area (Å²) in [4.78, 5) is 23.9. The van der Waals surface area contributed by atoms with Crippen molar-refractivity contribution in [3.8, 4) is 0 Å². The van der Waals surface area contributed by atoms with Crippen molar-refractivity contribution >= 4 is 22.1 Å². The summed E-state index contributed by atoms with van der Waals surface area (Å²) < 4.78 is 64.1. The van der Waals surface area contributed by atoms with E-state index in [4.69, 9.17) is 9.29 Å². The summed E-state index contributed by atoms with van der Waals surface area (Å²) >= 11 is 0. The Morgan fingerprint density at radius 1 is 1.12 bits per heavy atom. The molecule has 4 bridgehead atoms. The van der Waals surface area contributed by atoms with Crippen LogP contribution in [0.25, 0.3) is 0 Å². The van der Waals surface area contributed by atoms with Crippen molar-refractivity contribution in [2.24, 2.45) is 17.3 Å². The Morgan fingerprint density at radius 3 is 2.19 bits per heavy atom. The van der Waals surface area contributed by atoms with E-state index in [-0.39, 0.29) is 18.3 Å². The van der Waals surface area contributed by atoms with Gasteiger partial charge in [0.15, 0.2) is 13.2 Å². The second-order valence-electron chi connectivity index (χ2n) is 7.81. The summed E-state index contributed by atoms with van der Waals surface area (Å²) in [6.07, 6.45) is 3.60. The van der Waals surface area contributed by atoms with Gasteiger partial charge in [0.25, 0.3) is 0 Å². The predicted octanol–water partition coefficient (Wildman–Crippen LogP) is 0.885. The maximum Gasteiger partial charge on any atom is 0.402 e. The van der Waals surface area contributed by atoms with Crippen LogP contribution in [0, 0.1) is 17.3 Å². The molecule has 0 spiro atoms. The van der Waals surface area contributed by atoms with Crippen molar-refractivity contribution in [3.63, 3.8) is 0 Å². The molecule has 8 nitrogen and oxygen atoms in total. The molecule has 2 atom stereocenters. The van der Waals surface area contributed by atoms with E-state index in [0.29, 0.717) is 25.7 Å². The number of rotatable bonds is 6. The number of ether oxygens (including phenoxy) is 2. The molecule has 4 rings (SSSR count). The molecule has 148 valence electrons. The van der Waals surface area contributed by atoms with Gasteiger partial charge in [-0.3, -0.25) is 9.35 Å². The molecule has 0 aliphatic heterocycles. The monoisotopic (exact) mass is 398 g/mol. The molecule has 11 heteroatoms. The van der Waals surface area contributed by atoms with Gasteiger partial charge in [0.2, 0.25) is 0 Å².